The van der Waals surface area contributed by atoms with Gasteiger partial charge < -0.3 is 10.0 Å². The molecule has 0 radical (unpaired) electrons. The molecule has 4 rings (SSSR count). The Labute approximate surface area is 166 Å². The summed E-state index contributed by atoms with van der Waals surface area (Å²) >= 11 is 1.37. The first-order chi connectivity index (χ1) is 13.4. The van der Waals surface area contributed by atoms with Gasteiger partial charge in [0.05, 0.1) is 13.1 Å². The highest BCUT2D eigenvalue weighted by atomic mass is 32.1. The lowest BCUT2D eigenvalue weighted by Crippen LogP contribution is -3.14. The summed E-state index contributed by atoms with van der Waals surface area (Å²) in [6.07, 6.45) is 1.83. The standard InChI is InChI=1S/C20H24F2N4OS/c1-4-16-23-20-26(24-16)19(27)18(28-20)17(13-5-6-14(21)15(22)8-13)25-9-11(2)7-12(3)10-25/h5-6,8,11-12,17,27H,4,7,9-10H2,1-3H3/p+1/t11-,12+,17-/m1/s1. The number of likely N-dealkylation sites (tertiary alicyclic amines) is 1. The van der Waals surface area contributed by atoms with Gasteiger partial charge in [0.1, 0.15) is 4.88 Å². The topological polar surface area (TPSA) is 54.9 Å². The third-order valence-corrected chi connectivity index (χ3v) is 6.62. The average molecular weight is 408 g/mol. The van der Waals surface area contributed by atoms with Crippen LogP contribution in [0, 0.1) is 23.5 Å². The minimum atomic E-state index is -0.868. The second-order valence-corrected chi connectivity index (χ2v) is 8.99. The summed E-state index contributed by atoms with van der Waals surface area (Å²) in [5, 5.41) is 15.3. The second-order valence-electron chi connectivity index (χ2n) is 7.98. The van der Waals surface area contributed by atoms with Crippen molar-refractivity contribution in [2.45, 2.75) is 39.7 Å². The van der Waals surface area contributed by atoms with Gasteiger partial charge in [0, 0.05) is 23.8 Å². The summed E-state index contributed by atoms with van der Waals surface area (Å²) in [4.78, 5) is 7.02. The number of quaternary nitrogens is 1. The molecule has 2 aromatic heterocycles. The fraction of sp³-hybridized carbons (Fsp3) is 0.500. The fourth-order valence-electron chi connectivity index (χ4n) is 4.46. The Morgan fingerprint density at radius 1 is 1.25 bits per heavy atom. The van der Waals surface area contributed by atoms with Crippen LogP contribution in [0.1, 0.15) is 49.5 Å². The highest BCUT2D eigenvalue weighted by Gasteiger charge is 2.37. The SMILES string of the molecule is CCc1nc2sc([C@@H](c3ccc(F)c(F)c3)[NH+]3C[C@H](C)C[C@H](C)C3)c(O)n2n1. The molecular weight excluding hydrogens is 382 g/mol. The highest BCUT2D eigenvalue weighted by Crippen LogP contribution is 2.36. The molecule has 3 heterocycles. The number of nitrogens with zero attached hydrogens (tertiary/aromatic N) is 3. The smallest absolute Gasteiger partial charge is 0.235 e. The van der Waals surface area contributed by atoms with E-state index in [4.69, 9.17) is 0 Å². The summed E-state index contributed by atoms with van der Waals surface area (Å²) in [6, 6.07) is 3.74. The zero-order chi connectivity index (χ0) is 20.0. The molecule has 0 spiro atoms. The van der Waals surface area contributed by atoms with Gasteiger partial charge in [-0.1, -0.05) is 32.1 Å². The maximum Gasteiger partial charge on any atom is 0.235 e. The number of aromatic hydroxyl groups is 1. The number of aromatic nitrogens is 3. The van der Waals surface area contributed by atoms with E-state index in [0.29, 0.717) is 39.5 Å². The summed E-state index contributed by atoms with van der Waals surface area (Å²) in [7, 11) is 0. The molecule has 4 atom stereocenters. The largest absolute Gasteiger partial charge is 0.492 e. The lowest BCUT2D eigenvalue weighted by atomic mass is 9.89. The van der Waals surface area contributed by atoms with Gasteiger partial charge in [-0.05, 0) is 24.6 Å². The van der Waals surface area contributed by atoms with E-state index < -0.39 is 11.6 Å². The molecule has 0 bridgehead atoms. The van der Waals surface area contributed by atoms with E-state index in [9.17, 15) is 13.9 Å². The van der Waals surface area contributed by atoms with E-state index in [1.807, 2.05) is 6.92 Å². The number of hydrogen-bond acceptors (Lipinski definition) is 4. The van der Waals surface area contributed by atoms with Gasteiger partial charge in [-0.2, -0.15) is 4.52 Å². The number of fused-ring (bicyclic) bond motifs is 1. The van der Waals surface area contributed by atoms with Gasteiger partial charge in [-0.15, -0.1) is 5.10 Å². The van der Waals surface area contributed by atoms with Gasteiger partial charge in [0.2, 0.25) is 10.8 Å². The molecule has 0 saturated carbocycles. The first kappa shape index (κ1) is 19.3. The molecule has 1 aromatic carbocycles. The number of nitrogens with one attached hydrogen (secondary N) is 1. The number of rotatable bonds is 4. The molecule has 1 unspecified atom stereocenters. The van der Waals surface area contributed by atoms with Crippen molar-refractivity contribution in [2.24, 2.45) is 11.8 Å². The van der Waals surface area contributed by atoms with E-state index in [0.717, 1.165) is 25.6 Å². The van der Waals surface area contributed by atoms with Crippen molar-refractivity contribution in [1.29, 1.82) is 0 Å². The molecule has 150 valence electrons. The molecule has 0 aliphatic carbocycles. The number of piperidine rings is 1. The van der Waals surface area contributed by atoms with Crippen molar-refractivity contribution < 1.29 is 18.8 Å². The molecule has 1 saturated heterocycles. The highest BCUT2D eigenvalue weighted by molar-refractivity contribution is 7.17. The van der Waals surface area contributed by atoms with Crippen LogP contribution < -0.4 is 4.90 Å². The average Bonchev–Trinajstić information content (AvgIpc) is 3.17. The minimum absolute atomic E-state index is 0.0420. The zero-order valence-corrected chi connectivity index (χ0v) is 17.1. The first-order valence-corrected chi connectivity index (χ1v) is 10.6. The van der Waals surface area contributed by atoms with Crippen molar-refractivity contribution >= 4 is 16.3 Å². The summed E-state index contributed by atoms with van der Waals surface area (Å²) < 4.78 is 29.1. The molecule has 3 aromatic rings. The predicted molar refractivity (Wildman–Crippen MR) is 104 cm³/mol. The number of thiazole rings is 1. The molecule has 5 nitrogen and oxygen atoms in total. The Bertz CT molecular complexity index is 992. The molecule has 2 N–H and O–H groups in total. The third-order valence-electron chi connectivity index (χ3n) is 5.53. The summed E-state index contributed by atoms with van der Waals surface area (Å²) in [5.74, 6) is 0.0139. The van der Waals surface area contributed by atoms with Gasteiger partial charge in [0.25, 0.3) is 0 Å². The zero-order valence-electron chi connectivity index (χ0n) is 16.2. The van der Waals surface area contributed by atoms with Crippen LogP contribution in [0.15, 0.2) is 18.2 Å². The van der Waals surface area contributed by atoms with Crippen molar-refractivity contribution in [3.05, 3.63) is 46.1 Å². The van der Waals surface area contributed by atoms with Crippen LogP contribution in [-0.2, 0) is 6.42 Å². The molecule has 8 heteroatoms. The van der Waals surface area contributed by atoms with Gasteiger partial charge in [-0.25, -0.2) is 13.8 Å². The predicted octanol–water partition coefficient (Wildman–Crippen LogP) is 2.99. The molecular formula is C20H25F2N4OS+. The molecule has 1 aliphatic rings. The lowest BCUT2D eigenvalue weighted by Gasteiger charge is -2.37. The molecule has 28 heavy (non-hydrogen) atoms. The van der Waals surface area contributed by atoms with Crippen LogP contribution >= 0.6 is 11.3 Å². The Morgan fingerprint density at radius 3 is 2.57 bits per heavy atom. The van der Waals surface area contributed by atoms with Gasteiger partial charge in [-0.3, -0.25) is 0 Å². The second kappa shape index (κ2) is 7.40. The van der Waals surface area contributed by atoms with Crippen LogP contribution in [0.5, 0.6) is 5.88 Å². The Hall–Kier alpha value is -2.06. The van der Waals surface area contributed by atoms with Crippen molar-refractivity contribution in [1.82, 2.24) is 14.6 Å². The van der Waals surface area contributed by atoms with E-state index in [1.165, 1.54) is 26.8 Å². The van der Waals surface area contributed by atoms with E-state index in [2.05, 4.69) is 23.9 Å². The van der Waals surface area contributed by atoms with Crippen LogP contribution in [0.4, 0.5) is 8.78 Å². The molecule has 1 aliphatic heterocycles. The monoisotopic (exact) mass is 407 g/mol. The Morgan fingerprint density at radius 2 is 1.96 bits per heavy atom. The maximum absolute atomic E-state index is 14.0. The summed E-state index contributed by atoms with van der Waals surface area (Å²) in [6.45, 7) is 8.20. The number of hydrogen-bond donors (Lipinski definition) is 2. The van der Waals surface area contributed by atoms with Crippen LogP contribution in [0.2, 0.25) is 0 Å². The quantitative estimate of drug-likeness (QED) is 0.699. The molecule has 0 amide bonds. The number of aryl methyl sites for hydroxylation is 1. The van der Waals surface area contributed by atoms with E-state index in [1.54, 1.807) is 6.07 Å². The lowest BCUT2D eigenvalue weighted by molar-refractivity contribution is -0.936. The molecule has 1 fully saturated rings. The van der Waals surface area contributed by atoms with Crippen LogP contribution in [0.3, 0.4) is 0 Å². The van der Waals surface area contributed by atoms with Gasteiger partial charge in [0.15, 0.2) is 23.5 Å². The normalized spacial score (nSPS) is 24.0. The van der Waals surface area contributed by atoms with Crippen LogP contribution in [-0.4, -0.2) is 32.8 Å². The van der Waals surface area contributed by atoms with Crippen LogP contribution in [0.25, 0.3) is 4.96 Å². The van der Waals surface area contributed by atoms with E-state index in [-0.39, 0.29) is 11.9 Å². The van der Waals surface area contributed by atoms with Crippen molar-refractivity contribution in [3.8, 4) is 5.88 Å². The van der Waals surface area contributed by atoms with Gasteiger partial charge >= 0.3 is 0 Å². The first-order valence-electron chi connectivity index (χ1n) is 9.74. The number of halogens is 2. The Kier molecular flexibility index (Phi) is 5.09. The number of benzene rings is 1. The fourth-order valence-corrected chi connectivity index (χ4v) is 5.62. The van der Waals surface area contributed by atoms with Crippen molar-refractivity contribution in [2.75, 3.05) is 13.1 Å². The van der Waals surface area contributed by atoms with E-state index >= 15 is 0 Å². The minimum Gasteiger partial charge on any atom is -0.492 e. The maximum atomic E-state index is 14.0. The summed E-state index contributed by atoms with van der Waals surface area (Å²) in [5.41, 5.74) is 0.658. The third kappa shape index (κ3) is 3.39. The Balaban J connectivity index is 1.83. The van der Waals surface area contributed by atoms with Crippen molar-refractivity contribution in [3.63, 3.8) is 0 Å².